The third-order valence-corrected chi connectivity index (χ3v) is 8.27. The highest BCUT2D eigenvalue weighted by molar-refractivity contribution is 7.92. The Kier molecular flexibility index (Phi) is 11.1. The van der Waals surface area contributed by atoms with Crippen molar-refractivity contribution in [2.75, 3.05) is 26.3 Å². The minimum absolute atomic E-state index is 0.0110. The van der Waals surface area contributed by atoms with Gasteiger partial charge in [-0.25, -0.2) is 8.42 Å². The second-order valence-corrected chi connectivity index (χ2v) is 11.7. The molecule has 2 aromatic carbocycles. The minimum Gasteiger partial charge on any atom is -0.504 e. The Labute approximate surface area is 235 Å². The number of phenolic OH excluding ortho intramolecular Hbond substituents is 2. The first-order valence-electron chi connectivity index (χ1n) is 13.2. The maximum absolute atomic E-state index is 13.2. The number of phenols is 2. The van der Waals surface area contributed by atoms with E-state index in [0.717, 1.165) is 16.5 Å². The summed E-state index contributed by atoms with van der Waals surface area (Å²) in [5, 5.41) is 41.9. The first-order valence-corrected chi connectivity index (χ1v) is 14.7. The molecule has 1 unspecified atom stereocenters. The molecule has 0 fully saturated rings. The summed E-state index contributed by atoms with van der Waals surface area (Å²) >= 11 is 0. The van der Waals surface area contributed by atoms with Crippen molar-refractivity contribution >= 4 is 27.7 Å². The van der Waals surface area contributed by atoms with Gasteiger partial charge in [0.2, 0.25) is 15.9 Å². The molecule has 218 valence electrons. The van der Waals surface area contributed by atoms with Crippen molar-refractivity contribution < 1.29 is 38.4 Å². The monoisotopic (exact) mass is 574 g/mol. The van der Waals surface area contributed by atoms with Crippen LogP contribution in [-0.2, 0) is 14.8 Å². The molecule has 1 heterocycles. The molecule has 1 aliphatic heterocycles. The Hall–Kier alpha value is -3.38. The van der Waals surface area contributed by atoms with Gasteiger partial charge in [-0.1, -0.05) is 6.07 Å². The number of carbonyl (C=O) groups is 1. The smallest absolute Gasteiger partial charge is 0.236 e. The fourth-order valence-electron chi connectivity index (χ4n) is 4.28. The summed E-state index contributed by atoms with van der Waals surface area (Å²) in [4.78, 5) is 12.8. The number of benzene rings is 2. The van der Waals surface area contributed by atoms with Crippen molar-refractivity contribution in [3.8, 4) is 17.2 Å². The number of ether oxygens (including phenoxy) is 1. The van der Waals surface area contributed by atoms with Gasteiger partial charge in [-0.05, 0) is 86.2 Å². The molecule has 2 aromatic rings. The maximum atomic E-state index is 13.2. The Morgan fingerprint density at radius 1 is 1.05 bits per heavy atom. The molecular weight excluding hydrogens is 536 g/mol. The molecule has 1 atom stereocenters. The summed E-state index contributed by atoms with van der Waals surface area (Å²) in [6.45, 7) is 3.91. The summed E-state index contributed by atoms with van der Waals surface area (Å²) in [6.07, 6.45) is 2.84. The number of allylic oxidation sites excluding steroid dienone is 1. The number of nitrogens with zero attached hydrogens (tertiary/aromatic N) is 1. The zero-order valence-corrected chi connectivity index (χ0v) is 23.7. The second-order valence-electron chi connectivity index (χ2n) is 9.85. The molecule has 0 spiro atoms. The number of amides is 1. The number of sulfonamides is 1. The van der Waals surface area contributed by atoms with E-state index in [1.807, 2.05) is 13.8 Å². The van der Waals surface area contributed by atoms with Crippen LogP contribution in [0.5, 0.6) is 17.2 Å². The van der Waals surface area contributed by atoms with Crippen molar-refractivity contribution in [3.63, 3.8) is 0 Å². The number of hydrogen-bond acceptors (Lipinski definition) is 8. The minimum atomic E-state index is -3.81. The molecule has 5 N–H and O–H groups in total. The molecule has 0 bridgehead atoms. The number of aromatic hydroxyl groups is 2. The second kappa shape index (κ2) is 14.3. The normalized spacial score (nSPS) is 18.8. The van der Waals surface area contributed by atoms with Gasteiger partial charge in [0.1, 0.15) is 5.75 Å². The topological polar surface area (TPSA) is 157 Å². The average Bonchev–Trinajstić information content (AvgIpc) is 2.94. The van der Waals surface area contributed by atoms with Crippen LogP contribution in [-0.4, -0.2) is 71.5 Å². The summed E-state index contributed by atoms with van der Waals surface area (Å²) in [5.41, 5.74) is 3.50. The zero-order chi connectivity index (χ0) is 29.3. The molecule has 0 radical (unpaired) electrons. The Morgan fingerprint density at radius 3 is 2.52 bits per heavy atom. The molecular formula is C29H38N2O8S. The van der Waals surface area contributed by atoms with Crippen LogP contribution in [0.4, 0.5) is 0 Å². The Morgan fingerprint density at radius 2 is 1.82 bits per heavy atom. The molecule has 0 saturated heterocycles. The highest BCUT2D eigenvalue weighted by Crippen LogP contribution is 2.30. The van der Waals surface area contributed by atoms with E-state index >= 15 is 0 Å². The third kappa shape index (κ3) is 8.82. The van der Waals surface area contributed by atoms with Crippen molar-refractivity contribution in [1.29, 1.82) is 0 Å². The zero-order valence-electron chi connectivity index (χ0n) is 22.8. The lowest BCUT2D eigenvalue weighted by atomic mass is 10.0. The van der Waals surface area contributed by atoms with Gasteiger partial charge < -0.3 is 30.5 Å². The van der Waals surface area contributed by atoms with Gasteiger partial charge in [0.25, 0.3) is 0 Å². The van der Waals surface area contributed by atoms with E-state index in [1.165, 1.54) is 22.5 Å². The van der Waals surface area contributed by atoms with E-state index in [2.05, 4.69) is 5.32 Å². The maximum Gasteiger partial charge on any atom is 0.236 e. The molecule has 3 rings (SSSR count). The van der Waals surface area contributed by atoms with Crippen LogP contribution in [0, 0.1) is 6.92 Å². The third-order valence-electron chi connectivity index (χ3n) is 6.70. The molecule has 0 saturated carbocycles. The van der Waals surface area contributed by atoms with Crippen molar-refractivity contribution in [1.82, 2.24) is 9.62 Å². The molecule has 0 aliphatic carbocycles. The van der Waals surface area contributed by atoms with Gasteiger partial charge in [-0.2, -0.15) is 4.31 Å². The molecule has 0 aromatic heterocycles. The van der Waals surface area contributed by atoms with Crippen molar-refractivity contribution in [2.45, 2.75) is 52.1 Å². The largest absolute Gasteiger partial charge is 0.504 e. The van der Waals surface area contributed by atoms with E-state index in [9.17, 15) is 28.5 Å². The van der Waals surface area contributed by atoms with Crippen LogP contribution < -0.4 is 10.1 Å². The fraction of sp³-hybridized carbons (Fsp3) is 0.414. The van der Waals surface area contributed by atoms with Crippen LogP contribution in [0.2, 0.25) is 0 Å². The number of nitrogens with one attached hydrogen (secondary N) is 1. The lowest BCUT2D eigenvalue weighted by Crippen LogP contribution is -2.34. The average molecular weight is 575 g/mol. The number of aliphatic hydroxyl groups is 2. The molecule has 11 heteroatoms. The molecule has 10 nitrogen and oxygen atoms in total. The van der Waals surface area contributed by atoms with E-state index < -0.39 is 16.1 Å². The summed E-state index contributed by atoms with van der Waals surface area (Å²) < 4.78 is 33.4. The van der Waals surface area contributed by atoms with E-state index in [1.54, 1.807) is 24.3 Å². The van der Waals surface area contributed by atoms with Gasteiger partial charge in [0.15, 0.2) is 11.5 Å². The molecule has 1 aliphatic rings. The summed E-state index contributed by atoms with van der Waals surface area (Å²) in [7, 11) is -3.81. The number of hydrogen-bond donors (Lipinski definition) is 5. The fourth-order valence-corrected chi connectivity index (χ4v) is 5.50. The van der Waals surface area contributed by atoms with Gasteiger partial charge in [-0.15, -0.1) is 0 Å². The van der Waals surface area contributed by atoms with Crippen molar-refractivity contribution in [2.24, 2.45) is 0 Å². The van der Waals surface area contributed by atoms with E-state index in [0.29, 0.717) is 48.3 Å². The highest BCUT2D eigenvalue weighted by atomic mass is 32.2. The van der Waals surface area contributed by atoms with Gasteiger partial charge in [-0.3, -0.25) is 4.79 Å². The lowest BCUT2D eigenvalue weighted by molar-refractivity contribution is -0.120. The van der Waals surface area contributed by atoms with Crippen molar-refractivity contribution in [3.05, 3.63) is 64.1 Å². The van der Waals surface area contributed by atoms with Gasteiger partial charge in [0.05, 0.1) is 19.3 Å². The van der Waals surface area contributed by atoms with Crippen LogP contribution in [0.1, 0.15) is 55.7 Å². The Balaban J connectivity index is 1.68. The van der Waals surface area contributed by atoms with Crippen LogP contribution in [0.3, 0.4) is 0 Å². The highest BCUT2D eigenvalue weighted by Gasteiger charge is 2.22. The summed E-state index contributed by atoms with van der Waals surface area (Å²) in [6, 6.07) is 9.58. The van der Waals surface area contributed by atoms with Crippen LogP contribution in [0.15, 0.2) is 47.4 Å². The van der Waals surface area contributed by atoms with Gasteiger partial charge >= 0.3 is 0 Å². The van der Waals surface area contributed by atoms with Crippen LogP contribution in [0.25, 0.3) is 11.8 Å². The predicted molar refractivity (Wildman–Crippen MR) is 153 cm³/mol. The molecule has 40 heavy (non-hydrogen) atoms. The quantitative estimate of drug-likeness (QED) is 0.286. The van der Waals surface area contributed by atoms with Crippen LogP contribution >= 0.6 is 0 Å². The number of rotatable bonds is 9. The number of aliphatic hydroxyl groups excluding tert-OH is 2. The first-order chi connectivity index (χ1) is 19.0. The summed E-state index contributed by atoms with van der Waals surface area (Å²) in [5.74, 6) is -0.327. The van der Waals surface area contributed by atoms with E-state index in [4.69, 9.17) is 9.84 Å². The lowest BCUT2D eigenvalue weighted by Gasteiger charge is -2.20. The number of aryl methyl sites for hydroxylation is 1. The van der Waals surface area contributed by atoms with Gasteiger partial charge in [0, 0.05) is 42.6 Å². The molecule has 1 amide bonds. The standard InChI is InChI=1S/C29H38N2O8S/c1-20-5-3-4-13-31(14-10-28(36)30-29(20)23-7-9-26(34)27(35)18-23)40(37,38)16-12-22-6-8-25(17-21(22)2)39-15-11-24(33)19-32/h6-9,12,16-18,24,32-35H,3-5,10-11,13-15,19H2,1-2H3,(H,30,36)/b16-12+,29-20-. The Bertz CT molecular complexity index is 1350. The SMILES string of the molecule is C/C1=C(\c2ccc(O)c(O)c2)NC(=O)CCN(S(=O)(=O)/C=C/c2ccc(OCCC(O)CO)cc2C)CCCC1. The van der Waals surface area contributed by atoms with E-state index in [-0.39, 0.29) is 50.1 Å². The first kappa shape index (κ1) is 31.2. The predicted octanol–water partition coefficient (Wildman–Crippen LogP) is 3.25. The number of carbonyl (C=O) groups excluding carboxylic acids is 1.